The van der Waals surface area contributed by atoms with E-state index < -0.39 is 5.95 Å². The van der Waals surface area contributed by atoms with Crippen molar-refractivity contribution in [3.63, 3.8) is 0 Å². The summed E-state index contributed by atoms with van der Waals surface area (Å²) in [5.74, 6) is -0.465. The predicted octanol–water partition coefficient (Wildman–Crippen LogP) is 4.95. The predicted molar refractivity (Wildman–Crippen MR) is 81.0 cm³/mol. The molecule has 0 aliphatic heterocycles. The molecule has 2 N–H and O–H groups in total. The van der Waals surface area contributed by atoms with E-state index in [1.807, 2.05) is 41.5 Å². The van der Waals surface area contributed by atoms with Crippen LogP contribution < -0.4 is 10.6 Å². The van der Waals surface area contributed by atoms with Gasteiger partial charge in [0.05, 0.1) is 5.69 Å². The SMILES string of the molecule is CC(C)(C)Nc1nc(F)c(Cl)c(NC(C)(C)C)c1Cl. The molecule has 0 bridgehead atoms. The Morgan fingerprint density at radius 1 is 0.895 bits per heavy atom. The van der Waals surface area contributed by atoms with E-state index in [1.165, 1.54) is 0 Å². The number of nitrogens with zero attached hydrogens (tertiary/aromatic N) is 1. The van der Waals surface area contributed by atoms with Crippen molar-refractivity contribution in [2.45, 2.75) is 52.6 Å². The summed E-state index contributed by atoms with van der Waals surface area (Å²) in [6, 6.07) is 0. The lowest BCUT2D eigenvalue weighted by molar-refractivity contribution is 0.575. The lowest BCUT2D eigenvalue weighted by atomic mass is 10.1. The van der Waals surface area contributed by atoms with Gasteiger partial charge in [0.2, 0.25) is 5.95 Å². The van der Waals surface area contributed by atoms with E-state index >= 15 is 0 Å². The Morgan fingerprint density at radius 3 is 1.79 bits per heavy atom. The number of hydrogen-bond acceptors (Lipinski definition) is 3. The molecule has 0 fully saturated rings. The van der Waals surface area contributed by atoms with Gasteiger partial charge in [0, 0.05) is 11.1 Å². The van der Waals surface area contributed by atoms with E-state index in [2.05, 4.69) is 15.6 Å². The summed E-state index contributed by atoms with van der Waals surface area (Å²) in [4.78, 5) is 3.77. The molecule has 6 heteroatoms. The third-order valence-corrected chi connectivity index (χ3v) is 2.74. The third kappa shape index (κ3) is 4.69. The maximum Gasteiger partial charge on any atom is 0.235 e. The van der Waals surface area contributed by atoms with Gasteiger partial charge in [0.25, 0.3) is 0 Å². The lowest BCUT2D eigenvalue weighted by Crippen LogP contribution is -2.29. The number of aromatic nitrogens is 1. The maximum atomic E-state index is 13.8. The molecule has 0 saturated carbocycles. The van der Waals surface area contributed by atoms with Crippen molar-refractivity contribution >= 4 is 34.7 Å². The number of rotatable bonds is 2. The van der Waals surface area contributed by atoms with Gasteiger partial charge < -0.3 is 10.6 Å². The Bertz CT molecular complexity index is 476. The molecule has 0 saturated heterocycles. The van der Waals surface area contributed by atoms with Crippen molar-refractivity contribution < 1.29 is 4.39 Å². The standard InChI is InChI=1S/C13H20Cl2FN3/c1-12(2,3)18-9-7(14)10(16)17-11(8(9)15)19-13(4,5)6/h1-6H3,(H2,17,18,19). The summed E-state index contributed by atoms with van der Waals surface area (Å²) in [7, 11) is 0. The van der Waals surface area contributed by atoms with Crippen molar-refractivity contribution in [1.82, 2.24) is 4.98 Å². The minimum atomic E-state index is -0.746. The van der Waals surface area contributed by atoms with Crippen molar-refractivity contribution in [3.05, 3.63) is 16.0 Å². The number of nitrogens with one attached hydrogen (secondary N) is 2. The second-order valence-electron chi connectivity index (χ2n) is 6.50. The molecule has 0 atom stereocenters. The van der Waals surface area contributed by atoms with Crippen LogP contribution in [-0.2, 0) is 0 Å². The zero-order valence-electron chi connectivity index (χ0n) is 12.1. The highest BCUT2D eigenvalue weighted by Crippen LogP contribution is 2.38. The second-order valence-corrected chi connectivity index (χ2v) is 7.26. The van der Waals surface area contributed by atoms with E-state index in [9.17, 15) is 4.39 Å². The highest BCUT2D eigenvalue weighted by Gasteiger charge is 2.23. The number of anilines is 2. The van der Waals surface area contributed by atoms with Crippen LogP contribution in [0.5, 0.6) is 0 Å². The fourth-order valence-corrected chi connectivity index (χ4v) is 1.90. The molecular weight excluding hydrogens is 288 g/mol. The molecule has 0 unspecified atom stereocenters. The fraction of sp³-hybridized carbons (Fsp3) is 0.615. The minimum Gasteiger partial charge on any atom is -0.378 e. The van der Waals surface area contributed by atoms with Gasteiger partial charge in [0.1, 0.15) is 10.0 Å². The van der Waals surface area contributed by atoms with Crippen LogP contribution in [0.1, 0.15) is 41.5 Å². The van der Waals surface area contributed by atoms with Gasteiger partial charge in [-0.3, -0.25) is 0 Å². The summed E-state index contributed by atoms with van der Waals surface area (Å²) < 4.78 is 13.8. The van der Waals surface area contributed by atoms with E-state index in [-0.39, 0.29) is 26.9 Å². The number of pyridine rings is 1. The molecule has 0 aromatic carbocycles. The quantitative estimate of drug-likeness (QED) is 0.759. The zero-order valence-corrected chi connectivity index (χ0v) is 13.6. The number of halogens is 3. The average Bonchev–Trinajstić information content (AvgIpc) is 2.17. The van der Waals surface area contributed by atoms with Crippen LogP contribution in [0.2, 0.25) is 10.0 Å². The van der Waals surface area contributed by atoms with Gasteiger partial charge in [0.15, 0.2) is 5.82 Å². The van der Waals surface area contributed by atoms with Crippen LogP contribution in [0.3, 0.4) is 0 Å². The van der Waals surface area contributed by atoms with Gasteiger partial charge >= 0.3 is 0 Å². The van der Waals surface area contributed by atoms with Crippen LogP contribution >= 0.6 is 23.2 Å². The first-order chi connectivity index (χ1) is 8.41. The van der Waals surface area contributed by atoms with Crippen LogP contribution in [0.4, 0.5) is 15.9 Å². The van der Waals surface area contributed by atoms with Crippen molar-refractivity contribution in [1.29, 1.82) is 0 Å². The zero-order chi connectivity index (χ0) is 15.0. The Kier molecular flexibility index (Phi) is 4.58. The van der Waals surface area contributed by atoms with Gasteiger partial charge in [-0.15, -0.1) is 0 Å². The monoisotopic (exact) mass is 307 g/mol. The molecule has 108 valence electrons. The van der Waals surface area contributed by atoms with E-state index in [4.69, 9.17) is 23.2 Å². The average molecular weight is 308 g/mol. The molecule has 1 aromatic heterocycles. The highest BCUT2D eigenvalue weighted by molar-refractivity contribution is 6.40. The first-order valence-electron chi connectivity index (χ1n) is 6.01. The lowest BCUT2D eigenvalue weighted by Gasteiger charge is -2.27. The first-order valence-corrected chi connectivity index (χ1v) is 6.77. The van der Waals surface area contributed by atoms with Gasteiger partial charge in [-0.1, -0.05) is 23.2 Å². The molecule has 3 nitrogen and oxygen atoms in total. The molecule has 1 heterocycles. The summed E-state index contributed by atoms with van der Waals surface area (Å²) in [6.45, 7) is 11.6. The van der Waals surface area contributed by atoms with Crippen LogP contribution in [0.15, 0.2) is 0 Å². The second kappa shape index (κ2) is 5.33. The molecule has 0 aliphatic carbocycles. The maximum absolute atomic E-state index is 13.8. The van der Waals surface area contributed by atoms with Gasteiger partial charge in [-0.05, 0) is 41.5 Å². The first kappa shape index (κ1) is 16.3. The molecule has 0 spiro atoms. The summed E-state index contributed by atoms with van der Waals surface area (Å²) >= 11 is 12.2. The van der Waals surface area contributed by atoms with E-state index in [0.29, 0.717) is 5.69 Å². The highest BCUT2D eigenvalue weighted by atomic mass is 35.5. The van der Waals surface area contributed by atoms with Crippen LogP contribution in [-0.4, -0.2) is 16.1 Å². The van der Waals surface area contributed by atoms with Crippen molar-refractivity contribution in [3.8, 4) is 0 Å². The summed E-state index contributed by atoms with van der Waals surface area (Å²) in [6.07, 6.45) is 0. The summed E-state index contributed by atoms with van der Waals surface area (Å²) in [5, 5.41) is 6.35. The topological polar surface area (TPSA) is 37.0 Å². The molecule has 0 amide bonds. The Hall–Kier alpha value is -0.740. The minimum absolute atomic E-state index is 0.0978. The largest absolute Gasteiger partial charge is 0.378 e. The molecular formula is C13H20Cl2FN3. The summed E-state index contributed by atoms with van der Waals surface area (Å²) in [5.41, 5.74) is -0.217. The Balaban J connectivity index is 3.30. The van der Waals surface area contributed by atoms with Gasteiger partial charge in [-0.25, -0.2) is 0 Å². The fourth-order valence-electron chi connectivity index (χ4n) is 1.44. The van der Waals surface area contributed by atoms with Crippen molar-refractivity contribution in [2.75, 3.05) is 10.6 Å². The van der Waals surface area contributed by atoms with Gasteiger partial charge in [-0.2, -0.15) is 9.37 Å². The molecule has 0 aliphatic rings. The third-order valence-electron chi connectivity index (χ3n) is 2.03. The van der Waals surface area contributed by atoms with Crippen LogP contribution in [0, 0.1) is 5.95 Å². The molecule has 1 rings (SSSR count). The smallest absolute Gasteiger partial charge is 0.235 e. The number of hydrogen-bond donors (Lipinski definition) is 2. The molecule has 1 aromatic rings. The van der Waals surface area contributed by atoms with E-state index in [1.54, 1.807) is 0 Å². The van der Waals surface area contributed by atoms with Crippen molar-refractivity contribution in [2.24, 2.45) is 0 Å². The van der Waals surface area contributed by atoms with E-state index in [0.717, 1.165) is 0 Å². The molecule has 19 heavy (non-hydrogen) atoms. The molecule has 0 radical (unpaired) electrons. The van der Waals surface area contributed by atoms with Crippen LogP contribution in [0.25, 0.3) is 0 Å². The Labute approximate surface area is 123 Å². The normalized spacial score (nSPS) is 12.5. The Morgan fingerprint density at radius 2 is 1.37 bits per heavy atom.